The number of halogens is 1. The second-order valence-corrected chi connectivity index (χ2v) is 7.08. The van der Waals surface area contributed by atoms with Gasteiger partial charge in [-0.1, -0.05) is 0 Å². The molecule has 0 spiro atoms. The predicted octanol–water partition coefficient (Wildman–Crippen LogP) is 2.68. The van der Waals surface area contributed by atoms with Gasteiger partial charge in [0.15, 0.2) is 5.85 Å². The van der Waals surface area contributed by atoms with Crippen molar-refractivity contribution in [2.75, 3.05) is 6.61 Å². The lowest BCUT2D eigenvalue weighted by Gasteiger charge is -2.26. The van der Waals surface area contributed by atoms with Crippen molar-refractivity contribution in [3.63, 3.8) is 0 Å². The lowest BCUT2D eigenvalue weighted by molar-refractivity contribution is -0.0147. The lowest BCUT2D eigenvalue weighted by atomic mass is 10.1. The second kappa shape index (κ2) is 6.44. The van der Waals surface area contributed by atoms with Crippen LogP contribution in [0.2, 0.25) is 0 Å². The Kier molecular flexibility index (Phi) is 5.74. The fourth-order valence-electron chi connectivity index (χ4n) is 1.79. The molecule has 1 heterocycles. The minimum absolute atomic E-state index is 0.0230. The highest BCUT2D eigenvalue weighted by Gasteiger charge is 2.45. The molecule has 0 aromatic carbocycles. The van der Waals surface area contributed by atoms with Crippen LogP contribution in [0.3, 0.4) is 0 Å². The fraction of sp³-hybridized carbons (Fsp3) is 1.00. The number of ether oxygens (including phenoxy) is 1. The molecule has 0 amide bonds. The Morgan fingerprint density at radius 2 is 1.78 bits per heavy atom. The van der Waals surface area contributed by atoms with Crippen molar-refractivity contribution in [3.8, 4) is 0 Å². The van der Waals surface area contributed by atoms with E-state index in [0.717, 1.165) is 0 Å². The molecule has 3 atom stereocenters. The molecule has 5 nitrogen and oxygen atoms in total. The van der Waals surface area contributed by atoms with Crippen LogP contribution in [0.4, 0.5) is 4.39 Å². The standard InChI is InChI=1S/C11H22FO5P/c1-7(2)16-18(14,17-8(3)4)10-5-9(6-15-10)11(12)13/h7-11,13H,5-6H2,1-4H3/t9-,10-,11?/m0/s1. The number of aliphatic hydroxyl groups is 1. The van der Waals surface area contributed by atoms with Crippen molar-refractivity contribution in [3.05, 3.63) is 0 Å². The van der Waals surface area contributed by atoms with Gasteiger partial charge in [-0.15, -0.1) is 0 Å². The van der Waals surface area contributed by atoms with Crippen molar-refractivity contribution < 1.29 is 27.8 Å². The third-order valence-electron chi connectivity index (χ3n) is 2.46. The van der Waals surface area contributed by atoms with E-state index in [1.54, 1.807) is 27.7 Å². The molecular weight excluding hydrogens is 262 g/mol. The van der Waals surface area contributed by atoms with Gasteiger partial charge in [-0.3, -0.25) is 4.57 Å². The fourth-order valence-corrected chi connectivity index (χ4v) is 4.08. The molecule has 7 heteroatoms. The summed E-state index contributed by atoms with van der Waals surface area (Å²) < 4.78 is 41.4. The van der Waals surface area contributed by atoms with E-state index < -0.39 is 25.7 Å². The summed E-state index contributed by atoms with van der Waals surface area (Å²) in [5.41, 5.74) is 0. The van der Waals surface area contributed by atoms with E-state index in [2.05, 4.69) is 0 Å². The molecule has 0 saturated carbocycles. The van der Waals surface area contributed by atoms with Crippen LogP contribution in [-0.4, -0.2) is 36.1 Å². The summed E-state index contributed by atoms with van der Waals surface area (Å²) in [6, 6.07) is 0. The van der Waals surface area contributed by atoms with Crippen molar-refractivity contribution in [2.45, 2.75) is 58.5 Å². The minimum Gasteiger partial charge on any atom is -0.365 e. The third kappa shape index (κ3) is 4.28. The highest BCUT2D eigenvalue weighted by atomic mass is 31.2. The average molecular weight is 284 g/mol. The maximum Gasteiger partial charge on any atom is 0.359 e. The average Bonchev–Trinajstić information content (AvgIpc) is 2.63. The van der Waals surface area contributed by atoms with E-state index in [-0.39, 0.29) is 25.2 Å². The van der Waals surface area contributed by atoms with Crippen LogP contribution in [0.1, 0.15) is 34.1 Å². The normalized spacial score (nSPS) is 27.1. The van der Waals surface area contributed by atoms with E-state index >= 15 is 0 Å². The van der Waals surface area contributed by atoms with Gasteiger partial charge in [0.1, 0.15) is 0 Å². The molecule has 1 rings (SSSR count). The van der Waals surface area contributed by atoms with Gasteiger partial charge in [-0.25, -0.2) is 4.39 Å². The Morgan fingerprint density at radius 1 is 1.28 bits per heavy atom. The molecule has 0 bridgehead atoms. The molecule has 0 radical (unpaired) electrons. The quantitative estimate of drug-likeness (QED) is 0.760. The van der Waals surface area contributed by atoms with Crippen molar-refractivity contribution in [1.82, 2.24) is 0 Å². The summed E-state index contributed by atoms with van der Waals surface area (Å²) in [6.45, 7) is 6.99. The zero-order chi connectivity index (χ0) is 13.9. The summed E-state index contributed by atoms with van der Waals surface area (Å²) in [7, 11) is -3.46. The van der Waals surface area contributed by atoms with Crippen LogP contribution in [0.25, 0.3) is 0 Å². The van der Waals surface area contributed by atoms with Gasteiger partial charge < -0.3 is 18.9 Å². The van der Waals surface area contributed by atoms with Crippen molar-refractivity contribution in [1.29, 1.82) is 0 Å². The summed E-state index contributed by atoms with van der Waals surface area (Å²) in [5, 5.41) is 8.88. The Labute approximate surface area is 107 Å². The molecule has 0 aromatic heterocycles. The Morgan fingerprint density at radius 3 is 2.11 bits per heavy atom. The van der Waals surface area contributed by atoms with E-state index in [9.17, 15) is 8.96 Å². The van der Waals surface area contributed by atoms with Gasteiger partial charge in [0, 0.05) is 5.92 Å². The van der Waals surface area contributed by atoms with Gasteiger partial charge in [0.05, 0.1) is 18.8 Å². The number of aliphatic hydroxyl groups excluding tert-OH is 1. The molecule has 1 aliphatic heterocycles. The zero-order valence-electron chi connectivity index (χ0n) is 11.2. The molecule has 1 aliphatic rings. The predicted molar refractivity (Wildman–Crippen MR) is 65.0 cm³/mol. The Hall–Kier alpha value is -0.0000000000000000208. The molecule has 0 aliphatic carbocycles. The SMILES string of the molecule is CC(C)OP(=O)(OC(C)C)[C@H]1C[C@H](C(O)F)CO1. The van der Waals surface area contributed by atoms with Crippen LogP contribution < -0.4 is 0 Å². The molecule has 108 valence electrons. The largest absolute Gasteiger partial charge is 0.365 e. The molecular formula is C11H22FO5P. The van der Waals surface area contributed by atoms with Crippen molar-refractivity contribution >= 4 is 7.60 Å². The molecule has 1 saturated heterocycles. The van der Waals surface area contributed by atoms with Crippen LogP contribution in [0.15, 0.2) is 0 Å². The number of hydrogen-bond donors (Lipinski definition) is 1. The Bertz CT molecular complexity index is 294. The number of hydrogen-bond acceptors (Lipinski definition) is 5. The second-order valence-electron chi connectivity index (χ2n) is 5.00. The van der Waals surface area contributed by atoms with Crippen molar-refractivity contribution in [2.24, 2.45) is 5.92 Å². The van der Waals surface area contributed by atoms with Crippen LogP contribution in [-0.2, 0) is 18.3 Å². The first-order valence-electron chi connectivity index (χ1n) is 6.15. The van der Waals surface area contributed by atoms with E-state index in [1.807, 2.05) is 0 Å². The monoisotopic (exact) mass is 284 g/mol. The first-order valence-corrected chi connectivity index (χ1v) is 7.76. The van der Waals surface area contributed by atoms with E-state index in [1.165, 1.54) is 0 Å². The van der Waals surface area contributed by atoms with Crippen LogP contribution in [0.5, 0.6) is 0 Å². The van der Waals surface area contributed by atoms with Crippen LogP contribution >= 0.6 is 7.60 Å². The minimum atomic E-state index is -3.46. The highest BCUT2D eigenvalue weighted by Crippen LogP contribution is 2.59. The summed E-state index contributed by atoms with van der Waals surface area (Å²) in [4.78, 5) is 0. The van der Waals surface area contributed by atoms with Gasteiger partial charge in [-0.05, 0) is 34.1 Å². The summed E-state index contributed by atoms with van der Waals surface area (Å²) in [5.74, 6) is -1.48. The van der Waals surface area contributed by atoms with E-state index in [4.69, 9.17) is 18.9 Å². The zero-order valence-corrected chi connectivity index (χ0v) is 12.1. The molecule has 1 fully saturated rings. The smallest absolute Gasteiger partial charge is 0.359 e. The maximum absolute atomic E-state index is 12.8. The third-order valence-corrected chi connectivity index (χ3v) is 4.96. The molecule has 18 heavy (non-hydrogen) atoms. The number of alkyl halides is 1. The first-order chi connectivity index (χ1) is 8.24. The maximum atomic E-state index is 12.8. The first kappa shape index (κ1) is 16.1. The summed E-state index contributed by atoms with van der Waals surface area (Å²) >= 11 is 0. The molecule has 0 aromatic rings. The van der Waals surface area contributed by atoms with E-state index in [0.29, 0.717) is 0 Å². The Balaban J connectivity index is 2.75. The summed E-state index contributed by atoms with van der Waals surface area (Å²) in [6.07, 6.45) is -2.41. The van der Waals surface area contributed by atoms with Gasteiger partial charge in [-0.2, -0.15) is 0 Å². The van der Waals surface area contributed by atoms with Gasteiger partial charge in [0.25, 0.3) is 0 Å². The topological polar surface area (TPSA) is 65.0 Å². The number of rotatable bonds is 6. The van der Waals surface area contributed by atoms with Crippen LogP contribution in [0, 0.1) is 5.92 Å². The highest BCUT2D eigenvalue weighted by molar-refractivity contribution is 7.54. The molecule has 1 N–H and O–H groups in total. The van der Waals surface area contributed by atoms with Gasteiger partial charge in [0.2, 0.25) is 6.36 Å². The van der Waals surface area contributed by atoms with Gasteiger partial charge >= 0.3 is 7.60 Å². The molecule has 1 unspecified atom stereocenters. The lowest BCUT2D eigenvalue weighted by Crippen LogP contribution is -2.19.